The van der Waals surface area contributed by atoms with Gasteiger partial charge in [0.05, 0.1) is 5.92 Å². The summed E-state index contributed by atoms with van der Waals surface area (Å²) < 4.78 is 0. The first-order valence-electron chi connectivity index (χ1n) is 7.35. The summed E-state index contributed by atoms with van der Waals surface area (Å²) in [4.78, 5) is 12.6. The van der Waals surface area contributed by atoms with Crippen LogP contribution in [-0.2, 0) is 4.79 Å². The molecule has 4 heteroatoms. The summed E-state index contributed by atoms with van der Waals surface area (Å²) in [6.07, 6.45) is 2.20. The van der Waals surface area contributed by atoms with Crippen LogP contribution in [0.5, 0.6) is 0 Å². The van der Waals surface area contributed by atoms with Crippen LogP contribution >= 0.6 is 0 Å². The molecule has 0 bridgehead atoms. The van der Waals surface area contributed by atoms with Crippen LogP contribution in [0.1, 0.15) is 44.6 Å². The third kappa shape index (κ3) is 3.12. The molecule has 1 aromatic carbocycles. The van der Waals surface area contributed by atoms with Crippen molar-refractivity contribution in [3.63, 3.8) is 0 Å². The molecule has 1 aromatic rings. The fraction of sp³-hybridized carbons (Fsp3) is 0.562. The molecular formula is C16H24N2O2. The third-order valence-corrected chi connectivity index (χ3v) is 4.27. The van der Waals surface area contributed by atoms with Crippen LogP contribution in [0.25, 0.3) is 0 Å². The van der Waals surface area contributed by atoms with Gasteiger partial charge in [-0.1, -0.05) is 25.1 Å². The van der Waals surface area contributed by atoms with Crippen LogP contribution in [-0.4, -0.2) is 29.7 Å². The first-order valence-corrected chi connectivity index (χ1v) is 7.35. The molecule has 2 unspecified atom stereocenters. The van der Waals surface area contributed by atoms with Gasteiger partial charge in [0, 0.05) is 24.4 Å². The summed E-state index contributed by atoms with van der Waals surface area (Å²) in [7, 11) is 0. The summed E-state index contributed by atoms with van der Waals surface area (Å²) >= 11 is 0. The zero-order chi connectivity index (χ0) is 14.6. The fourth-order valence-electron chi connectivity index (χ4n) is 2.70. The van der Waals surface area contributed by atoms with Crippen molar-refractivity contribution in [2.75, 3.05) is 18.5 Å². The molecule has 1 amide bonds. The number of amides is 1. The van der Waals surface area contributed by atoms with E-state index in [0.29, 0.717) is 6.42 Å². The van der Waals surface area contributed by atoms with E-state index in [9.17, 15) is 4.79 Å². The molecule has 2 atom stereocenters. The highest BCUT2D eigenvalue weighted by Crippen LogP contribution is 2.32. The highest BCUT2D eigenvalue weighted by Gasteiger charge is 2.31. The van der Waals surface area contributed by atoms with Gasteiger partial charge in [-0.2, -0.15) is 0 Å². The summed E-state index contributed by atoms with van der Waals surface area (Å²) in [6, 6.07) is 7.98. The Hall–Kier alpha value is -1.55. The van der Waals surface area contributed by atoms with Crippen LogP contribution < -0.4 is 10.6 Å². The van der Waals surface area contributed by atoms with Gasteiger partial charge in [0.15, 0.2) is 0 Å². The van der Waals surface area contributed by atoms with E-state index in [2.05, 4.69) is 10.6 Å². The van der Waals surface area contributed by atoms with Crippen LogP contribution in [0, 0.1) is 0 Å². The Labute approximate surface area is 120 Å². The predicted molar refractivity (Wildman–Crippen MR) is 80.8 cm³/mol. The second kappa shape index (κ2) is 6.27. The molecule has 0 saturated carbocycles. The van der Waals surface area contributed by atoms with Gasteiger partial charge in [-0.15, -0.1) is 0 Å². The number of anilines is 1. The number of hydrogen-bond acceptors (Lipinski definition) is 3. The largest absolute Gasteiger partial charge is 0.396 e. The second-order valence-electron chi connectivity index (χ2n) is 5.73. The van der Waals surface area contributed by atoms with E-state index in [0.717, 1.165) is 30.6 Å². The van der Waals surface area contributed by atoms with E-state index < -0.39 is 0 Å². The maximum atomic E-state index is 12.6. The number of fused-ring (bicyclic) bond motifs is 1. The molecule has 1 aliphatic heterocycles. The number of aliphatic hydroxyl groups excluding tert-OH is 1. The van der Waals surface area contributed by atoms with E-state index in [1.165, 1.54) is 0 Å². The lowest BCUT2D eigenvalue weighted by Crippen LogP contribution is -2.48. The molecule has 110 valence electrons. The average molecular weight is 276 g/mol. The molecule has 0 saturated heterocycles. The van der Waals surface area contributed by atoms with Crippen molar-refractivity contribution in [2.45, 2.75) is 44.6 Å². The number of aliphatic hydroxyl groups is 1. The van der Waals surface area contributed by atoms with Crippen molar-refractivity contribution in [3.05, 3.63) is 29.8 Å². The van der Waals surface area contributed by atoms with Crippen LogP contribution in [0.4, 0.5) is 5.69 Å². The molecule has 2 rings (SSSR count). The first kappa shape index (κ1) is 14.9. The van der Waals surface area contributed by atoms with Gasteiger partial charge in [-0.25, -0.2) is 0 Å². The molecule has 0 aromatic heterocycles. The number of benzene rings is 1. The summed E-state index contributed by atoms with van der Waals surface area (Å²) in [5, 5.41) is 15.6. The minimum absolute atomic E-state index is 0.0664. The van der Waals surface area contributed by atoms with Crippen molar-refractivity contribution < 1.29 is 9.90 Å². The maximum Gasteiger partial charge on any atom is 0.228 e. The molecule has 1 heterocycles. The van der Waals surface area contributed by atoms with Crippen molar-refractivity contribution >= 4 is 11.6 Å². The second-order valence-corrected chi connectivity index (χ2v) is 5.73. The number of carbonyl (C=O) groups excluding carboxylic acids is 1. The van der Waals surface area contributed by atoms with E-state index in [1.54, 1.807) is 0 Å². The third-order valence-electron chi connectivity index (χ3n) is 4.27. The minimum atomic E-state index is -0.328. The lowest BCUT2D eigenvalue weighted by Gasteiger charge is -2.33. The van der Waals surface area contributed by atoms with E-state index >= 15 is 0 Å². The van der Waals surface area contributed by atoms with E-state index in [-0.39, 0.29) is 24.0 Å². The Kier molecular flexibility index (Phi) is 4.65. The summed E-state index contributed by atoms with van der Waals surface area (Å²) in [6.45, 7) is 4.94. The highest BCUT2D eigenvalue weighted by atomic mass is 16.3. The number of carbonyl (C=O) groups is 1. The van der Waals surface area contributed by atoms with Crippen molar-refractivity contribution in [2.24, 2.45) is 0 Å². The van der Waals surface area contributed by atoms with Crippen molar-refractivity contribution in [1.82, 2.24) is 5.32 Å². The quantitative estimate of drug-likeness (QED) is 0.773. The van der Waals surface area contributed by atoms with Gasteiger partial charge in [0.2, 0.25) is 5.91 Å². The van der Waals surface area contributed by atoms with Gasteiger partial charge in [-0.05, 0) is 37.8 Å². The van der Waals surface area contributed by atoms with Gasteiger partial charge in [-0.3, -0.25) is 4.79 Å². The fourth-order valence-corrected chi connectivity index (χ4v) is 2.70. The van der Waals surface area contributed by atoms with Crippen molar-refractivity contribution in [3.8, 4) is 0 Å². The zero-order valence-electron chi connectivity index (χ0n) is 12.3. The number of hydrogen-bond donors (Lipinski definition) is 3. The average Bonchev–Trinajstić information content (AvgIpc) is 2.46. The summed E-state index contributed by atoms with van der Waals surface area (Å²) in [5.41, 5.74) is 1.80. The Morgan fingerprint density at radius 3 is 2.95 bits per heavy atom. The van der Waals surface area contributed by atoms with Crippen LogP contribution in [0.15, 0.2) is 24.3 Å². The number of para-hydroxylation sites is 1. The molecule has 4 nitrogen and oxygen atoms in total. The van der Waals surface area contributed by atoms with Gasteiger partial charge < -0.3 is 15.7 Å². The minimum Gasteiger partial charge on any atom is -0.396 e. The topological polar surface area (TPSA) is 61.4 Å². The number of rotatable bonds is 5. The molecule has 1 aliphatic rings. The number of nitrogens with one attached hydrogen (secondary N) is 2. The predicted octanol–water partition coefficient (Wildman–Crippen LogP) is 2.25. The Morgan fingerprint density at radius 1 is 1.50 bits per heavy atom. The lowest BCUT2D eigenvalue weighted by molar-refractivity contribution is -0.124. The highest BCUT2D eigenvalue weighted by molar-refractivity contribution is 5.86. The Balaban J connectivity index is 2.14. The molecule has 0 fully saturated rings. The maximum absolute atomic E-state index is 12.6. The Morgan fingerprint density at radius 2 is 2.25 bits per heavy atom. The molecule has 0 aliphatic carbocycles. The molecule has 20 heavy (non-hydrogen) atoms. The van der Waals surface area contributed by atoms with Gasteiger partial charge in [0.1, 0.15) is 0 Å². The standard InChI is InChI=1S/C16H24N2O2/c1-3-16(2,9-11-19)18-15(20)13-8-10-17-14-7-5-4-6-12(13)14/h4-7,13,17,19H,3,8-11H2,1-2H3,(H,18,20). The van der Waals surface area contributed by atoms with Gasteiger partial charge >= 0.3 is 0 Å². The van der Waals surface area contributed by atoms with Crippen LogP contribution in [0.3, 0.4) is 0 Å². The molecule has 3 N–H and O–H groups in total. The smallest absolute Gasteiger partial charge is 0.228 e. The van der Waals surface area contributed by atoms with E-state index in [1.807, 2.05) is 38.1 Å². The molecule has 0 radical (unpaired) electrons. The lowest BCUT2D eigenvalue weighted by atomic mass is 9.88. The van der Waals surface area contributed by atoms with Gasteiger partial charge in [0.25, 0.3) is 0 Å². The molecular weight excluding hydrogens is 252 g/mol. The zero-order valence-corrected chi connectivity index (χ0v) is 12.3. The first-order chi connectivity index (χ1) is 9.59. The van der Waals surface area contributed by atoms with E-state index in [4.69, 9.17) is 5.11 Å². The normalized spacial score (nSPS) is 20.4. The molecule has 0 spiro atoms. The Bertz CT molecular complexity index is 475. The van der Waals surface area contributed by atoms with Crippen LogP contribution in [0.2, 0.25) is 0 Å². The monoisotopic (exact) mass is 276 g/mol. The van der Waals surface area contributed by atoms with Crippen molar-refractivity contribution in [1.29, 1.82) is 0 Å². The summed E-state index contributed by atoms with van der Waals surface area (Å²) in [5.74, 6) is -0.0335. The SMILES string of the molecule is CCC(C)(CCO)NC(=O)C1CCNc2ccccc21.